The first-order valence-electron chi connectivity index (χ1n) is 7.43. The fraction of sp³-hybridized carbons (Fsp3) is 0.312. The van der Waals surface area contributed by atoms with Crippen LogP contribution in [-0.4, -0.2) is 16.0 Å². The predicted molar refractivity (Wildman–Crippen MR) is 94.0 cm³/mol. The molecule has 5 nitrogen and oxygen atoms in total. The topological polar surface area (TPSA) is 72.1 Å². The van der Waals surface area contributed by atoms with Gasteiger partial charge in [-0.05, 0) is 30.5 Å². The van der Waals surface area contributed by atoms with E-state index in [0.29, 0.717) is 10.5 Å². The smallest absolute Gasteiger partial charge is 0.351 e. The Morgan fingerprint density at radius 1 is 1.23 bits per heavy atom. The molecule has 0 saturated heterocycles. The van der Waals surface area contributed by atoms with E-state index >= 15 is 0 Å². The number of benzene rings is 1. The lowest BCUT2D eigenvalue weighted by Crippen LogP contribution is -2.34. The zero-order valence-electron chi connectivity index (χ0n) is 14.0. The minimum atomic E-state index is -4.73. The molecular weight excluding hydrogens is 392 g/mol. The molecule has 1 aromatic heterocycles. The van der Waals surface area contributed by atoms with E-state index in [0.717, 1.165) is 6.07 Å². The van der Waals surface area contributed by atoms with E-state index in [9.17, 15) is 18.0 Å². The first-order valence-corrected chi connectivity index (χ1v) is 8.19. The SMILES string of the molecule is Cc1ccc(Cl)c(N(C(N)=O)c2nc(C(C)C)cc(C(F)(F)F)n2)c1Cl. The molecule has 0 spiro atoms. The van der Waals surface area contributed by atoms with E-state index in [4.69, 9.17) is 28.9 Å². The Morgan fingerprint density at radius 3 is 2.35 bits per heavy atom. The van der Waals surface area contributed by atoms with Crippen molar-refractivity contribution in [3.8, 4) is 0 Å². The number of nitrogens with zero attached hydrogens (tertiary/aromatic N) is 3. The third-order valence-electron chi connectivity index (χ3n) is 3.52. The largest absolute Gasteiger partial charge is 0.433 e. The van der Waals surface area contributed by atoms with E-state index in [-0.39, 0.29) is 27.3 Å². The summed E-state index contributed by atoms with van der Waals surface area (Å²) in [6.45, 7) is 4.97. The average molecular weight is 407 g/mol. The monoisotopic (exact) mass is 406 g/mol. The van der Waals surface area contributed by atoms with Crippen LogP contribution in [0.1, 0.15) is 36.7 Å². The molecule has 0 radical (unpaired) electrons. The number of hydrogen-bond donors (Lipinski definition) is 1. The van der Waals surface area contributed by atoms with E-state index in [1.54, 1.807) is 26.8 Å². The highest BCUT2D eigenvalue weighted by molar-refractivity contribution is 6.40. The fourth-order valence-corrected chi connectivity index (χ4v) is 2.69. The maximum atomic E-state index is 13.2. The molecule has 2 amide bonds. The Morgan fingerprint density at radius 2 is 1.85 bits per heavy atom. The maximum absolute atomic E-state index is 13.2. The lowest BCUT2D eigenvalue weighted by atomic mass is 10.1. The van der Waals surface area contributed by atoms with Gasteiger partial charge in [-0.1, -0.05) is 43.1 Å². The standard InChI is InChI=1S/C16H15Cl2F3N4O/c1-7(2)10-6-11(16(19,20)21)24-15(23-10)25(14(22)26)13-9(17)5-4-8(3)12(13)18/h4-7H,1-3H3,(H2,22,26). The molecule has 0 atom stereocenters. The van der Waals surface area contributed by atoms with Crippen LogP contribution in [0.2, 0.25) is 10.0 Å². The number of halogens is 5. The highest BCUT2D eigenvalue weighted by atomic mass is 35.5. The summed E-state index contributed by atoms with van der Waals surface area (Å²) in [5.41, 5.74) is 4.75. The molecule has 1 aromatic carbocycles. The number of nitrogens with two attached hydrogens (primary N) is 1. The van der Waals surface area contributed by atoms with Gasteiger partial charge in [0.2, 0.25) is 5.95 Å². The summed E-state index contributed by atoms with van der Waals surface area (Å²) in [7, 11) is 0. The van der Waals surface area contributed by atoms with Crippen molar-refractivity contribution in [1.82, 2.24) is 9.97 Å². The first-order chi connectivity index (χ1) is 11.9. The third-order valence-corrected chi connectivity index (χ3v) is 4.30. The second-order valence-corrected chi connectivity index (χ2v) is 6.62. The van der Waals surface area contributed by atoms with Crippen LogP contribution >= 0.6 is 23.2 Å². The van der Waals surface area contributed by atoms with Crippen molar-refractivity contribution in [1.29, 1.82) is 0 Å². The van der Waals surface area contributed by atoms with Crippen molar-refractivity contribution >= 4 is 40.9 Å². The van der Waals surface area contributed by atoms with E-state index in [1.807, 2.05) is 0 Å². The molecule has 0 bridgehead atoms. The minimum absolute atomic E-state index is 0.0199. The second-order valence-electron chi connectivity index (χ2n) is 5.83. The summed E-state index contributed by atoms with van der Waals surface area (Å²) >= 11 is 12.3. The molecule has 2 aromatic rings. The van der Waals surface area contributed by atoms with Gasteiger partial charge in [0.15, 0.2) is 0 Å². The van der Waals surface area contributed by atoms with Crippen molar-refractivity contribution in [2.75, 3.05) is 4.90 Å². The lowest BCUT2D eigenvalue weighted by Gasteiger charge is -2.23. The zero-order chi connectivity index (χ0) is 19.8. The number of rotatable bonds is 3. The summed E-state index contributed by atoms with van der Waals surface area (Å²) in [5.74, 6) is -0.901. The van der Waals surface area contributed by atoms with Crippen molar-refractivity contribution in [3.63, 3.8) is 0 Å². The van der Waals surface area contributed by atoms with Crippen molar-refractivity contribution in [3.05, 3.63) is 45.2 Å². The van der Waals surface area contributed by atoms with Crippen molar-refractivity contribution in [2.45, 2.75) is 32.9 Å². The molecule has 0 fully saturated rings. The number of primary amides is 1. The molecule has 2 N–H and O–H groups in total. The van der Waals surface area contributed by atoms with E-state index in [2.05, 4.69) is 9.97 Å². The number of aromatic nitrogens is 2. The predicted octanol–water partition coefficient (Wildman–Crippen LogP) is 5.45. The highest BCUT2D eigenvalue weighted by Gasteiger charge is 2.35. The quantitative estimate of drug-likeness (QED) is 0.736. The Hall–Kier alpha value is -2.06. The second kappa shape index (κ2) is 7.28. The summed E-state index contributed by atoms with van der Waals surface area (Å²) in [6, 6.07) is 2.76. The van der Waals surface area contributed by atoms with Crippen LogP contribution in [0.3, 0.4) is 0 Å². The number of urea groups is 1. The molecule has 0 unspecified atom stereocenters. The Bertz CT molecular complexity index is 856. The molecule has 2 rings (SSSR count). The Balaban J connectivity index is 2.79. The molecule has 0 aliphatic rings. The summed E-state index contributed by atoms with van der Waals surface area (Å²) in [4.78, 5) is 20.2. The Kier molecular flexibility index (Phi) is 5.67. The average Bonchev–Trinajstić information content (AvgIpc) is 2.53. The van der Waals surface area contributed by atoms with Crippen LogP contribution in [0.15, 0.2) is 18.2 Å². The Labute approximate surface area is 157 Å². The normalized spacial score (nSPS) is 11.7. The number of alkyl halides is 3. The van der Waals surface area contributed by atoms with Gasteiger partial charge in [-0.15, -0.1) is 0 Å². The van der Waals surface area contributed by atoms with Gasteiger partial charge in [0.25, 0.3) is 0 Å². The van der Waals surface area contributed by atoms with E-state index in [1.165, 1.54) is 6.07 Å². The van der Waals surface area contributed by atoms with Crippen LogP contribution in [0.5, 0.6) is 0 Å². The molecule has 0 aliphatic heterocycles. The van der Waals surface area contributed by atoms with Gasteiger partial charge in [-0.2, -0.15) is 13.2 Å². The number of carbonyl (C=O) groups excluding carboxylic acids is 1. The van der Waals surface area contributed by atoms with Crippen LogP contribution in [-0.2, 0) is 6.18 Å². The zero-order valence-corrected chi connectivity index (χ0v) is 15.5. The van der Waals surface area contributed by atoms with Gasteiger partial charge in [-0.3, -0.25) is 0 Å². The van der Waals surface area contributed by atoms with Crippen molar-refractivity contribution < 1.29 is 18.0 Å². The van der Waals surface area contributed by atoms with Gasteiger partial charge >= 0.3 is 12.2 Å². The number of anilines is 2. The van der Waals surface area contributed by atoms with Crippen molar-refractivity contribution in [2.24, 2.45) is 5.73 Å². The van der Waals surface area contributed by atoms with Crippen LogP contribution in [0, 0.1) is 6.92 Å². The van der Waals surface area contributed by atoms with Crippen LogP contribution in [0.4, 0.5) is 29.6 Å². The molecule has 140 valence electrons. The van der Waals surface area contributed by atoms with Crippen LogP contribution in [0.25, 0.3) is 0 Å². The first kappa shape index (κ1) is 20.3. The van der Waals surface area contributed by atoms with Gasteiger partial charge < -0.3 is 5.73 Å². The molecule has 10 heteroatoms. The summed E-state index contributed by atoms with van der Waals surface area (Å²) in [6.07, 6.45) is -4.73. The number of carbonyl (C=O) groups is 1. The van der Waals surface area contributed by atoms with Crippen LogP contribution < -0.4 is 10.6 Å². The summed E-state index contributed by atoms with van der Waals surface area (Å²) in [5, 5.41) is 0.0786. The number of amides is 2. The molecule has 26 heavy (non-hydrogen) atoms. The maximum Gasteiger partial charge on any atom is 0.433 e. The minimum Gasteiger partial charge on any atom is -0.351 e. The van der Waals surface area contributed by atoms with E-state index < -0.39 is 23.8 Å². The number of hydrogen-bond acceptors (Lipinski definition) is 3. The molecular formula is C16H15Cl2F3N4O. The van der Waals surface area contributed by atoms with Gasteiger partial charge in [0, 0.05) is 5.69 Å². The van der Waals surface area contributed by atoms with Gasteiger partial charge in [-0.25, -0.2) is 19.7 Å². The van der Waals surface area contributed by atoms with Gasteiger partial charge in [0.1, 0.15) is 5.69 Å². The molecule has 0 aliphatic carbocycles. The lowest BCUT2D eigenvalue weighted by molar-refractivity contribution is -0.141. The number of aryl methyl sites for hydroxylation is 1. The fourth-order valence-electron chi connectivity index (χ4n) is 2.15. The highest BCUT2D eigenvalue weighted by Crippen LogP contribution is 2.40. The van der Waals surface area contributed by atoms with Gasteiger partial charge in [0.05, 0.1) is 15.7 Å². The molecule has 0 saturated carbocycles. The summed E-state index contributed by atoms with van der Waals surface area (Å²) < 4.78 is 39.7. The molecule has 1 heterocycles. The third kappa shape index (κ3) is 4.02.